The Morgan fingerprint density at radius 3 is 2.73 bits per heavy atom. The van der Waals surface area contributed by atoms with Gasteiger partial charge in [-0.25, -0.2) is 4.42 Å². The first-order valence-corrected chi connectivity index (χ1v) is 6.30. The Labute approximate surface area is 96.3 Å². The maximum atomic E-state index is 8.75. The monoisotopic (exact) mass is 224 g/mol. The van der Waals surface area contributed by atoms with Crippen molar-refractivity contribution >= 4 is 11.8 Å². The maximum absolute atomic E-state index is 8.75. The molecule has 2 bridgehead atoms. The van der Waals surface area contributed by atoms with Crippen molar-refractivity contribution in [3.05, 3.63) is 0 Å². The first-order chi connectivity index (χ1) is 7.18. The molecule has 3 aliphatic carbocycles. The van der Waals surface area contributed by atoms with Crippen molar-refractivity contribution in [2.24, 2.45) is 16.7 Å². The molecule has 1 unspecified atom stereocenters. The van der Waals surface area contributed by atoms with Crippen LogP contribution in [0.25, 0.3) is 0 Å². The summed E-state index contributed by atoms with van der Waals surface area (Å²) in [6, 6.07) is 2.34. The zero-order valence-electron chi connectivity index (χ0n) is 9.01. The predicted octanol–water partition coefficient (Wildman–Crippen LogP) is 2.94. The number of nitrogens with zero attached hydrogens (tertiary/aromatic N) is 2. The van der Waals surface area contributed by atoms with Crippen LogP contribution >= 0.6 is 11.8 Å². The average molecular weight is 225 g/mol. The Kier molecular flexibility index (Phi) is 2.06. The van der Waals surface area contributed by atoms with E-state index >= 15 is 0 Å². The summed E-state index contributed by atoms with van der Waals surface area (Å²) in [5.41, 5.74) is 1.05. The minimum Gasteiger partial charge on any atom is -0.220 e. The molecule has 0 aromatic carbocycles. The van der Waals surface area contributed by atoms with Gasteiger partial charge in [-0.2, -0.15) is 5.26 Å². The lowest BCUT2D eigenvalue weighted by molar-refractivity contribution is -0.238. The van der Waals surface area contributed by atoms with Crippen molar-refractivity contribution < 1.29 is 0 Å². The zero-order chi connectivity index (χ0) is 10.5. The third-order valence-corrected chi connectivity index (χ3v) is 5.18. The van der Waals surface area contributed by atoms with Gasteiger partial charge in [0.2, 0.25) is 0 Å². The van der Waals surface area contributed by atoms with E-state index in [2.05, 4.69) is 6.07 Å². The molecule has 4 fully saturated rings. The van der Waals surface area contributed by atoms with Gasteiger partial charge in [-0.1, -0.05) is 0 Å². The van der Waals surface area contributed by atoms with E-state index in [1.807, 2.05) is 4.42 Å². The maximum Gasteiger partial charge on any atom is 0.0627 e. The number of halogens is 1. The molecule has 4 aliphatic rings. The fourth-order valence-corrected chi connectivity index (χ4v) is 4.59. The molecule has 3 saturated carbocycles. The van der Waals surface area contributed by atoms with Gasteiger partial charge in [-0.05, 0) is 60.6 Å². The second-order valence-corrected chi connectivity index (χ2v) is 6.41. The highest BCUT2D eigenvalue weighted by Gasteiger charge is 2.69. The van der Waals surface area contributed by atoms with E-state index in [0.29, 0.717) is 10.8 Å². The van der Waals surface area contributed by atoms with Crippen LogP contribution in [0.1, 0.15) is 38.5 Å². The van der Waals surface area contributed by atoms with Crippen LogP contribution in [0.2, 0.25) is 0 Å². The Balaban J connectivity index is 1.61. The fourth-order valence-electron chi connectivity index (χ4n) is 4.30. The van der Waals surface area contributed by atoms with Crippen LogP contribution < -0.4 is 0 Å². The van der Waals surface area contributed by atoms with Gasteiger partial charge in [0, 0.05) is 19.5 Å². The van der Waals surface area contributed by atoms with E-state index in [4.69, 9.17) is 17.0 Å². The minimum absolute atomic E-state index is 0.448. The lowest BCUT2D eigenvalue weighted by Gasteiger charge is -2.74. The summed E-state index contributed by atoms with van der Waals surface area (Å²) in [5.74, 6) is 0.810. The average Bonchev–Trinajstić information content (AvgIpc) is 2.08. The highest BCUT2D eigenvalue weighted by Crippen LogP contribution is 2.78. The smallest absolute Gasteiger partial charge is 0.0627 e. The molecule has 3 heteroatoms. The van der Waals surface area contributed by atoms with Crippen molar-refractivity contribution in [1.29, 1.82) is 5.26 Å². The quantitative estimate of drug-likeness (QED) is 0.675. The molecular formula is C12H17ClN2. The summed E-state index contributed by atoms with van der Waals surface area (Å²) in [7, 11) is 0. The number of nitriles is 1. The highest BCUT2D eigenvalue weighted by atomic mass is 35.5. The molecule has 0 N–H and O–H groups in total. The summed E-state index contributed by atoms with van der Waals surface area (Å²) >= 11 is 6.09. The molecule has 1 saturated heterocycles. The van der Waals surface area contributed by atoms with Gasteiger partial charge in [0.1, 0.15) is 0 Å². The SMILES string of the molecule is N#CCC12CC(C3CCCN(Cl)C3)(C1)C2. The summed E-state index contributed by atoms with van der Waals surface area (Å²) in [4.78, 5) is 0. The summed E-state index contributed by atoms with van der Waals surface area (Å²) in [5, 5.41) is 8.75. The van der Waals surface area contributed by atoms with Crippen LogP contribution in [0, 0.1) is 28.1 Å². The van der Waals surface area contributed by atoms with Crippen LogP contribution in [0.4, 0.5) is 0 Å². The normalized spacial score (nSPS) is 48.9. The number of hydrogen-bond acceptors (Lipinski definition) is 2. The Morgan fingerprint density at radius 1 is 1.40 bits per heavy atom. The molecule has 1 atom stereocenters. The van der Waals surface area contributed by atoms with E-state index < -0.39 is 0 Å². The third-order valence-electron chi connectivity index (χ3n) is 4.87. The zero-order valence-corrected chi connectivity index (χ0v) is 9.76. The molecule has 1 heterocycles. The standard InChI is InChI=1S/C12H17ClN2/c13-15-5-1-2-10(6-15)12-7-11(8-12,9-12)3-4-14/h10H,1-3,5-9H2. The molecule has 4 rings (SSSR count). The van der Waals surface area contributed by atoms with E-state index in [0.717, 1.165) is 25.4 Å². The van der Waals surface area contributed by atoms with Crippen LogP contribution in [-0.2, 0) is 0 Å². The lowest BCUT2D eigenvalue weighted by atomic mass is 9.31. The predicted molar refractivity (Wildman–Crippen MR) is 59.1 cm³/mol. The van der Waals surface area contributed by atoms with Gasteiger partial charge in [0.05, 0.1) is 6.07 Å². The lowest BCUT2D eigenvalue weighted by Crippen LogP contribution is -2.66. The Morgan fingerprint density at radius 2 is 2.13 bits per heavy atom. The molecule has 0 aromatic rings. The fraction of sp³-hybridized carbons (Fsp3) is 0.917. The van der Waals surface area contributed by atoms with Gasteiger partial charge in [0.25, 0.3) is 0 Å². The van der Waals surface area contributed by atoms with Crippen LogP contribution in [0.5, 0.6) is 0 Å². The number of hydrogen-bond donors (Lipinski definition) is 0. The van der Waals surface area contributed by atoms with E-state index in [9.17, 15) is 0 Å². The van der Waals surface area contributed by atoms with Crippen LogP contribution in [0.15, 0.2) is 0 Å². The Hall–Kier alpha value is -0.260. The Bertz CT molecular complexity index is 300. The van der Waals surface area contributed by atoms with E-state index in [1.54, 1.807) is 0 Å². The van der Waals surface area contributed by atoms with Crippen molar-refractivity contribution in [2.75, 3.05) is 13.1 Å². The van der Waals surface area contributed by atoms with Crippen molar-refractivity contribution in [3.63, 3.8) is 0 Å². The first kappa shape index (κ1) is 9.93. The highest BCUT2D eigenvalue weighted by molar-refractivity contribution is 6.13. The van der Waals surface area contributed by atoms with Gasteiger partial charge >= 0.3 is 0 Å². The second kappa shape index (κ2) is 3.12. The van der Waals surface area contributed by atoms with Crippen molar-refractivity contribution in [2.45, 2.75) is 38.5 Å². The molecular weight excluding hydrogens is 208 g/mol. The van der Waals surface area contributed by atoms with Gasteiger partial charge in [-0.15, -0.1) is 0 Å². The van der Waals surface area contributed by atoms with Crippen molar-refractivity contribution in [3.8, 4) is 6.07 Å². The molecule has 2 nitrogen and oxygen atoms in total. The summed E-state index contributed by atoms with van der Waals surface area (Å²) in [6.45, 7) is 2.13. The van der Waals surface area contributed by atoms with Crippen molar-refractivity contribution in [1.82, 2.24) is 4.42 Å². The summed E-state index contributed by atoms with van der Waals surface area (Å²) < 4.78 is 1.96. The number of rotatable bonds is 2. The minimum atomic E-state index is 0.448. The second-order valence-electron chi connectivity index (χ2n) is 5.94. The van der Waals surface area contributed by atoms with Gasteiger partial charge in [0.15, 0.2) is 0 Å². The van der Waals surface area contributed by atoms with Gasteiger partial charge < -0.3 is 0 Å². The molecule has 0 aromatic heterocycles. The topological polar surface area (TPSA) is 27.0 Å². The molecule has 1 aliphatic heterocycles. The molecule has 0 spiro atoms. The van der Waals surface area contributed by atoms with E-state index in [-0.39, 0.29) is 0 Å². The molecule has 15 heavy (non-hydrogen) atoms. The van der Waals surface area contributed by atoms with Crippen LogP contribution in [-0.4, -0.2) is 17.5 Å². The first-order valence-electron chi connectivity index (χ1n) is 5.96. The molecule has 0 radical (unpaired) electrons. The third kappa shape index (κ3) is 1.33. The molecule has 82 valence electrons. The van der Waals surface area contributed by atoms with Crippen LogP contribution in [0.3, 0.4) is 0 Å². The summed E-state index contributed by atoms with van der Waals surface area (Å²) in [6.07, 6.45) is 7.31. The van der Waals surface area contributed by atoms with E-state index in [1.165, 1.54) is 32.1 Å². The molecule has 0 amide bonds. The van der Waals surface area contributed by atoms with Gasteiger partial charge in [-0.3, -0.25) is 0 Å². The number of piperidine rings is 1. The largest absolute Gasteiger partial charge is 0.220 e.